The topological polar surface area (TPSA) is 69.6 Å². The molecule has 2 atom stereocenters. The van der Waals surface area contributed by atoms with Gasteiger partial charge in [0.2, 0.25) is 0 Å². The number of carboxylic acid groups (broad SMARTS) is 1. The fourth-order valence-corrected chi connectivity index (χ4v) is 4.35. The minimum Gasteiger partial charge on any atom is -0.480 e. The monoisotopic (exact) mass is 328 g/mol. The van der Waals surface area contributed by atoms with E-state index in [2.05, 4.69) is 24.4 Å². The van der Waals surface area contributed by atoms with Crippen LogP contribution in [0.4, 0.5) is 4.79 Å². The number of aryl methyl sites for hydroxylation is 1. The first-order chi connectivity index (χ1) is 9.97. The van der Waals surface area contributed by atoms with Crippen molar-refractivity contribution < 1.29 is 14.7 Å². The lowest BCUT2D eigenvalue weighted by Gasteiger charge is -2.33. The van der Waals surface area contributed by atoms with E-state index in [1.54, 1.807) is 23.1 Å². The second-order valence-corrected chi connectivity index (χ2v) is 7.71. The normalized spacial score (nSPS) is 20.1. The summed E-state index contributed by atoms with van der Waals surface area (Å²) in [6.07, 6.45) is 0.768. The van der Waals surface area contributed by atoms with Crippen LogP contribution in [0.3, 0.4) is 0 Å². The second-order valence-electron chi connectivity index (χ2n) is 5.19. The van der Waals surface area contributed by atoms with Gasteiger partial charge in [0.05, 0.1) is 0 Å². The Morgan fingerprint density at radius 2 is 2.29 bits per heavy atom. The number of carboxylic acids is 1. The highest BCUT2D eigenvalue weighted by Crippen LogP contribution is 2.18. The lowest BCUT2D eigenvalue weighted by Crippen LogP contribution is -2.55. The smallest absolute Gasteiger partial charge is 0.327 e. The first-order valence-electron chi connectivity index (χ1n) is 6.90. The molecule has 2 heterocycles. The van der Waals surface area contributed by atoms with Gasteiger partial charge in [-0.2, -0.15) is 11.8 Å². The number of thioether (sulfide) groups is 1. The van der Waals surface area contributed by atoms with Gasteiger partial charge in [-0.1, -0.05) is 0 Å². The van der Waals surface area contributed by atoms with Gasteiger partial charge in [0.25, 0.3) is 0 Å². The average molecular weight is 328 g/mol. The van der Waals surface area contributed by atoms with E-state index in [4.69, 9.17) is 0 Å². The molecule has 1 aromatic rings. The zero-order chi connectivity index (χ0) is 15.4. The zero-order valence-electron chi connectivity index (χ0n) is 12.2. The fourth-order valence-electron chi connectivity index (χ4n) is 2.29. The number of hydrogen-bond acceptors (Lipinski definition) is 4. The number of aliphatic carboxylic acids is 1. The highest BCUT2D eigenvalue weighted by molar-refractivity contribution is 7.99. The van der Waals surface area contributed by atoms with Crippen molar-refractivity contribution in [2.45, 2.75) is 32.4 Å². The van der Waals surface area contributed by atoms with Crippen LogP contribution in [0.2, 0.25) is 0 Å². The Kier molecular flexibility index (Phi) is 5.52. The van der Waals surface area contributed by atoms with Crippen molar-refractivity contribution >= 4 is 35.1 Å². The molecule has 2 rings (SSSR count). The summed E-state index contributed by atoms with van der Waals surface area (Å²) in [4.78, 5) is 27.4. The maximum atomic E-state index is 12.3. The van der Waals surface area contributed by atoms with Crippen LogP contribution in [0.1, 0.15) is 16.7 Å². The summed E-state index contributed by atoms with van der Waals surface area (Å²) in [6.45, 7) is 4.49. The van der Waals surface area contributed by atoms with Crippen LogP contribution in [0.5, 0.6) is 0 Å². The Hall–Kier alpha value is -1.21. The summed E-state index contributed by atoms with van der Waals surface area (Å²) < 4.78 is 0. The third-order valence-corrected chi connectivity index (χ3v) is 5.39. The SMILES string of the molecule is Cc1ccc(CC(C)NC(=O)N2CCSCC2C(=O)O)s1. The van der Waals surface area contributed by atoms with Crippen molar-refractivity contribution in [2.75, 3.05) is 18.1 Å². The Labute approximate surface area is 132 Å². The third-order valence-electron chi connectivity index (χ3n) is 3.35. The lowest BCUT2D eigenvalue weighted by molar-refractivity contribution is -0.141. The maximum absolute atomic E-state index is 12.3. The molecular weight excluding hydrogens is 308 g/mol. The predicted molar refractivity (Wildman–Crippen MR) is 86.2 cm³/mol. The highest BCUT2D eigenvalue weighted by atomic mass is 32.2. The first-order valence-corrected chi connectivity index (χ1v) is 8.87. The molecule has 0 aromatic carbocycles. The molecule has 5 nitrogen and oxygen atoms in total. The van der Waals surface area contributed by atoms with Gasteiger partial charge in [0.15, 0.2) is 0 Å². The standard InChI is InChI=1S/C14H20N2O3S2/c1-9(7-11-4-3-10(2)21-11)15-14(19)16-5-6-20-8-12(16)13(17)18/h3-4,9,12H,5-8H2,1-2H3,(H,15,19)(H,17,18). The van der Waals surface area contributed by atoms with Gasteiger partial charge in [0, 0.05) is 40.3 Å². The molecule has 116 valence electrons. The van der Waals surface area contributed by atoms with Gasteiger partial charge in [-0.3, -0.25) is 0 Å². The van der Waals surface area contributed by atoms with Crippen LogP contribution >= 0.6 is 23.1 Å². The zero-order valence-corrected chi connectivity index (χ0v) is 13.8. The van der Waals surface area contributed by atoms with Gasteiger partial charge >= 0.3 is 12.0 Å². The molecule has 1 aliphatic rings. The number of carbonyl (C=O) groups is 2. The van der Waals surface area contributed by atoms with Gasteiger partial charge < -0.3 is 15.3 Å². The highest BCUT2D eigenvalue weighted by Gasteiger charge is 2.32. The number of nitrogens with one attached hydrogen (secondary N) is 1. The van der Waals surface area contributed by atoms with Crippen molar-refractivity contribution in [1.82, 2.24) is 10.2 Å². The van der Waals surface area contributed by atoms with E-state index in [-0.39, 0.29) is 12.1 Å². The molecule has 2 amide bonds. The van der Waals surface area contributed by atoms with E-state index in [0.717, 1.165) is 12.2 Å². The van der Waals surface area contributed by atoms with Gasteiger partial charge in [0.1, 0.15) is 6.04 Å². The minimum atomic E-state index is -0.932. The van der Waals surface area contributed by atoms with E-state index < -0.39 is 12.0 Å². The molecule has 0 aliphatic carbocycles. The summed E-state index contributed by atoms with van der Waals surface area (Å²) in [5.41, 5.74) is 0. The Morgan fingerprint density at radius 3 is 2.90 bits per heavy atom. The van der Waals surface area contributed by atoms with Gasteiger partial charge in [-0.25, -0.2) is 9.59 Å². The van der Waals surface area contributed by atoms with E-state index in [0.29, 0.717) is 12.3 Å². The van der Waals surface area contributed by atoms with Gasteiger partial charge in [-0.15, -0.1) is 11.3 Å². The van der Waals surface area contributed by atoms with E-state index in [1.807, 2.05) is 6.92 Å². The first kappa shape index (κ1) is 16.2. The summed E-state index contributed by atoms with van der Waals surface area (Å²) in [5.74, 6) is 0.315. The Bertz CT molecular complexity index is 518. The molecule has 0 saturated carbocycles. The van der Waals surface area contributed by atoms with Crippen molar-refractivity contribution in [2.24, 2.45) is 0 Å². The lowest BCUT2D eigenvalue weighted by atomic mass is 10.2. The number of thiophene rings is 1. The van der Waals surface area contributed by atoms with Crippen molar-refractivity contribution in [3.8, 4) is 0 Å². The van der Waals surface area contributed by atoms with Crippen LogP contribution in [0.25, 0.3) is 0 Å². The fraction of sp³-hybridized carbons (Fsp3) is 0.571. The number of amides is 2. The van der Waals surface area contributed by atoms with E-state index >= 15 is 0 Å². The number of rotatable bonds is 4. The van der Waals surface area contributed by atoms with Crippen LogP contribution in [0, 0.1) is 6.92 Å². The molecule has 0 bridgehead atoms. The van der Waals surface area contributed by atoms with Crippen molar-refractivity contribution in [1.29, 1.82) is 0 Å². The molecule has 2 N–H and O–H groups in total. The van der Waals surface area contributed by atoms with Crippen LogP contribution < -0.4 is 5.32 Å². The molecule has 1 fully saturated rings. The molecule has 0 radical (unpaired) electrons. The number of hydrogen-bond donors (Lipinski definition) is 2. The molecule has 1 saturated heterocycles. The largest absolute Gasteiger partial charge is 0.480 e. The molecule has 0 spiro atoms. The molecule has 21 heavy (non-hydrogen) atoms. The van der Waals surface area contributed by atoms with Gasteiger partial charge in [-0.05, 0) is 26.0 Å². The molecular formula is C14H20N2O3S2. The summed E-state index contributed by atoms with van der Waals surface area (Å²) >= 11 is 3.30. The molecule has 2 unspecified atom stereocenters. The molecule has 7 heteroatoms. The summed E-state index contributed by atoms with van der Waals surface area (Å²) in [6, 6.07) is 3.12. The predicted octanol–water partition coefficient (Wildman–Crippen LogP) is 2.20. The third kappa shape index (κ3) is 4.38. The number of nitrogens with zero attached hydrogens (tertiary/aromatic N) is 1. The molecule has 1 aliphatic heterocycles. The van der Waals surface area contributed by atoms with Crippen LogP contribution in [-0.2, 0) is 11.2 Å². The average Bonchev–Trinajstić information content (AvgIpc) is 2.83. The number of urea groups is 1. The summed E-state index contributed by atoms with van der Waals surface area (Å²) in [5, 5.41) is 12.1. The quantitative estimate of drug-likeness (QED) is 0.889. The van der Waals surface area contributed by atoms with Crippen LogP contribution in [-0.4, -0.2) is 52.1 Å². The van der Waals surface area contributed by atoms with Crippen molar-refractivity contribution in [3.63, 3.8) is 0 Å². The Balaban J connectivity index is 1.91. The minimum absolute atomic E-state index is 0.0143. The number of carbonyl (C=O) groups excluding carboxylic acids is 1. The Morgan fingerprint density at radius 1 is 1.52 bits per heavy atom. The van der Waals surface area contributed by atoms with E-state index in [1.165, 1.54) is 14.7 Å². The van der Waals surface area contributed by atoms with E-state index in [9.17, 15) is 14.7 Å². The molecule has 1 aromatic heterocycles. The summed E-state index contributed by atoms with van der Waals surface area (Å²) in [7, 11) is 0. The van der Waals surface area contributed by atoms with Crippen LogP contribution in [0.15, 0.2) is 12.1 Å². The van der Waals surface area contributed by atoms with Crippen molar-refractivity contribution in [3.05, 3.63) is 21.9 Å². The maximum Gasteiger partial charge on any atom is 0.327 e. The second kappa shape index (κ2) is 7.17.